The summed E-state index contributed by atoms with van der Waals surface area (Å²) in [6.45, 7) is 1.14. The first-order valence-electron chi connectivity index (χ1n) is 7.32. The summed E-state index contributed by atoms with van der Waals surface area (Å²) in [5, 5.41) is 11.9. The van der Waals surface area contributed by atoms with Crippen molar-refractivity contribution in [1.82, 2.24) is 5.32 Å². The number of carboxylic acid groups (broad SMARTS) is 1. The van der Waals surface area contributed by atoms with E-state index in [9.17, 15) is 9.59 Å². The summed E-state index contributed by atoms with van der Waals surface area (Å²) in [7, 11) is 0. The maximum atomic E-state index is 12.0. The molecule has 1 aliphatic heterocycles. The second-order valence-corrected chi connectivity index (χ2v) is 5.85. The summed E-state index contributed by atoms with van der Waals surface area (Å²) in [6.07, 6.45) is 1.74. The van der Waals surface area contributed by atoms with Gasteiger partial charge in [0.15, 0.2) is 0 Å². The van der Waals surface area contributed by atoms with Crippen LogP contribution in [0.3, 0.4) is 0 Å². The zero-order valence-corrected chi connectivity index (χ0v) is 11.7. The van der Waals surface area contributed by atoms with Crippen molar-refractivity contribution < 1.29 is 19.4 Å². The van der Waals surface area contributed by atoms with Crippen LogP contribution in [0.5, 0.6) is 0 Å². The number of carbonyl (C=O) groups is 2. The number of rotatable bonds is 5. The first-order chi connectivity index (χ1) is 10.1. The largest absolute Gasteiger partial charge is 0.480 e. The third-order valence-electron chi connectivity index (χ3n) is 4.46. The van der Waals surface area contributed by atoms with Gasteiger partial charge in [-0.15, -0.1) is 0 Å². The molecule has 112 valence electrons. The Morgan fingerprint density at radius 2 is 2.00 bits per heavy atom. The van der Waals surface area contributed by atoms with Crippen LogP contribution in [0.1, 0.15) is 30.9 Å². The molecule has 1 amide bonds. The quantitative estimate of drug-likeness (QED) is 0.810. The number of carboxylic acids is 1. The van der Waals surface area contributed by atoms with Crippen molar-refractivity contribution in [1.29, 1.82) is 0 Å². The maximum Gasteiger partial charge on any atom is 0.319 e. The fourth-order valence-electron chi connectivity index (χ4n) is 2.91. The Labute approximate surface area is 123 Å². The van der Waals surface area contributed by atoms with Gasteiger partial charge in [0.05, 0.1) is 6.10 Å². The highest BCUT2D eigenvalue weighted by molar-refractivity contribution is 6.04. The molecule has 2 N–H and O–H groups in total. The van der Waals surface area contributed by atoms with E-state index in [-0.39, 0.29) is 17.9 Å². The fraction of sp³-hybridized carbons (Fsp3) is 0.500. The van der Waals surface area contributed by atoms with Crippen molar-refractivity contribution in [3.8, 4) is 0 Å². The second-order valence-electron chi connectivity index (χ2n) is 5.85. The zero-order chi connectivity index (χ0) is 14.9. The molecule has 3 rings (SSSR count). The van der Waals surface area contributed by atoms with Gasteiger partial charge in [-0.3, -0.25) is 9.59 Å². The Balaban J connectivity index is 1.60. The minimum absolute atomic E-state index is 0.0218. The normalized spacial score (nSPS) is 26.3. The van der Waals surface area contributed by atoms with Gasteiger partial charge in [0.1, 0.15) is 5.41 Å². The molecule has 0 aromatic heterocycles. The van der Waals surface area contributed by atoms with E-state index in [1.807, 2.05) is 30.3 Å². The average Bonchev–Trinajstić information content (AvgIpc) is 3.19. The van der Waals surface area contributed by atoms with Crippen LogP contribution < -0.4 is 5.32 Å². The van der Waals surface area contributed by atoms with Gasteiger partial charge in [0, 0.05) is 19.1 Å². The molecule has 2 fully saturated rings. The van der Waals surface area contributed by atoms with Crippen LogP contribution in [0, 0.1) is 11.3 Å². The predicted molar refractivity (Wildman–Crippen MR) is 75.6 cm³/mol. The molecule has 1 aromatic carbocycles. The van der Waals surface area contributed by atoms with E-state index in [1.165, 1.54) is 0 Å². The Kier molecular flexibility index (Phi) is 3.68. The van der Waals surface area contributed by atoms with Crippen molar-refractivity contribution in [3.05, 3.63) is 35.9 Å². The molecule has 0 unspecified atom stereocenters. The standard InChI is InChI=1S/C16H19NO4/c18-14(16(7-8-16)15(19)20)17-10-12-6-9-21-13(12)11-4-2-1-3-5-11/h1-5,12-13H,6-10H2,(H,17,18)(H,19,20)/t12-,13-/m1/s1. The first-order valence-corrected chi connectivity index (χ1v) is 7.32. The van der Waals surface area contributed by atoms with E-state index >= 15 is 0 Å². The van der Waals surface area contributed by atoms with E-state index in [2.05, 4.69) is 5.32 Å². The topological polar surface area (TPSA) is 75.6 Å². The van der Waals surface area contributed by atoms with Gasteiger partial charge in [-0.1, -0.05) is 30.3 Å². The third-order valence-corrected chi connectivity index (χ3v) is 4.46. The monoisotopic (exact) mass is 289 g/mol. The van der Waals surface area contributed by atoms with Gasteiger partial charge in [0.25, 0.3) is 0 Å². The van der Waals surface area contributed by atoms with E-state index < -0.39 is 11.4 Å². The number of amides is 1. The molecule has 0 spiro atoms. The predicted octanol–water partition coefficient (Wildman–Crippen LogP) is 1.75. The van der Waals surface area contributed by atoms with Gasteiger partial charge < -0.3 is 15.2 Å². The number of nitrogens with one attached hydrogen (secondary N) is 1. The Hall–Kier alpha value is -1.88. The van der Waals surface area contributed by atoms with Crippen LogP contribution in [0.15, 0.2) is 30.3 Å². The van der Waals surface area contributed by atoms with Gasteiger partial charge in [-0.05, 0) is 24.8 Å². The lowest BCUT2D eigenvalue weighted by Crippen LogP contribution is -2.39. The number of hydrogen-bond donors (Lipinski definition) is 2. The van der Waals surface area contributed by atoms with Crippen molar-refractivity contribution in [2.45, 2.75) is 25.4 Å². The molecule has 0 bridgehead atoms. The lowest BCUT2D eigenvalue weighted by atomic mass is 9.95. The molecule has 2 aliphatic rings. The molecule has 1 saturated carbocycles. The van der Waals surface area contributed by atoms with Crippen LogP contribution in [0.2, 0.25) is 0 Å². The minimum atomic E-state index is -1.16. The number of aliphatic carboxylic acids is 1. The molecule has 1 aromatic rings. The average molecular weight is 289 g/mol. The fourth-order valence-corrected chi connectivity index (χ4v) is 2.91. The van der Waals surface area contributed by atoms with Crippen LogP contribution in [0.25, 0.3) is 0 Å². The first kappa shape index (κ1) is 14.1. The summed E-state index contributed by atoms with van der Waals surface area (Å²) >= 11 is 0. The van der Waals surface area contributed by atoms with Crippen molar-refractivity contribution in [3.63, 3.8) is 0 Å². The van der Waals surface area contributed by atoms with Crippen LogP contribution in [-0.4, -0.2) is 30.1 Å². The summed E-state index contributed by atoms with van der Waals surface area (Å²) in [5.41, 5.74) is -0.0598. The molecule has 1 heterocycles. The highest BCUT2D eigenvalue weighted by Crippen LogP contribution is 2.46. The van der Waals surface area contributed by atoms with Gasteiger partial charge in [-0.25, -0.2) is 0 Å². The smallest absolute Gasteiger partial charge is 0.319 e. The lowest BCUT2D eigenvalue weighted by molar-refractivity contribution is -0.149. The Morgan fingerprint density at radius 1 is 1.29 bits per heavy atom. The lowest BCUT2D eigenvalue weighted by Gasteiger charge is -2.20. The summed E-state index contributed by atoms with van der Waals surface area (Å²) in [6, 6.07) is 9.93. The van der Waals surface area contributed by atoms with Crippen molar-refractivity contribution in [2.24, 2.45) is 11.3 Å². The summed E-state index contributed by atoms with van der Waals surface area (Å²) in [4.78, 5) is 23.2. The molecule has 5 nitrogen and oxygen atoms in total. The second kappa shape index (κ2) is 5.48. The number of ether oxygens (including phenoxy) is 1. The highest BCUT2D eigenvalue weighted by atomic mass is 16.5. The van der Waals surface area contributed by atoms with E-state index in [0.29, 0.717) is 26.0 Å². The Morgan fingerprint density at radius 3 is 2.62 bits per heavy atom. The zero-order valence-electron chi connectivity index (χ0n) is 11.7. The van der Waals surface area contributed by atoms with E-state index in [1.54, 1.807) is 0 Å². The molecule has 5 heteroatoms. The summed E-state index contributed by atoms with van der Waals surface area (Å²) in [5.74, 6) is -1.17. The van der Waals surface area contributed by atoms with Gasteiger partial charge in [-0.2, -0.15) is 0 Å². The van der Waals surface area contributed by atoms with Crippen molar-refractivity contribution in [2.75, 3.05) is 13.2 Å². The van der Waals surface area contributed by atoms with Crippen LogP contribution in [-0.2, 0) is 14.3 Å². The number of hydrogen-bond acceptors (Lipinski definition) is 3. The van der Waals surface area contributed by atoms with Crippen LogP contribution in [0.4, 0.5) is 0 Å². The summed E-state index contributed by atoms with van der Waals surface area (Å²) < 4.78 is 5.76. The van der Waals surface area contributed by atoms with Gasteiger partial charge >= 0.3 is 5.97 Å². The molecule has 21 heavy (non-hydrogen) atoms. The van der Waals surface area contributed by atoms with E-state index in [4.69, 9.17) is 9.84 Å². The SMILES string of the molecule is O=C(O)C1(C(=O)NC[C@H]2CCO[C@@H]2c2ccccc2)CC1. The molecule has 0 radical (unpaired) electrons. The third kappa shape index (κ3) is 2.65. The molecule has 1 saturated heterocycles. The molecule has 1 aliphatic carbocycles. The molecule has 2 atom stereocenters. The Bertz CT molecular complexity index is 538. The number of benzene rings is 1. The minimum Gasteiger partial charge on any atom is -0.480 e. The number of carbonyl (C=O) groups excluding carboxylic acids is 1. The van der Waals surface area contributed by atoms with Crippen LogP contribution >= 0.6 is 0 Å². The molecular formula is C16H19NO4. The highest BCUT2D eigenvalue weighted by Gasteiger charge is 2.57. The van der Waals surface area contributed by atoms with Gasteiger partial charge in [0.2, 0.25) is 5.91 Å². The maximum absolute atomic E-state index is 12.0. The van der Waals surface area contributed by atoms with E-state index in [0.717, 1.165) is 12.0 Å². The van der Waals surface area contributed by atoms with Crippen molar-refractivity contribution >= 4 is 11.9 Å². The molecular weight excluding hydrogens is 270 g/mol.